The quantitative estimate of drug-likeness (QED) is 0.873. The molecule has 2 heterocycles. The predicted molar refractivity (Wildman–Crippen MR) is 82.0 cm³/mol. The zero-order valence-electron chi connectivity index (χ0n) is 11.7. The summed E-state index contributed by atoms with van der Waals surface area (Å²) in [5.41, 5.74) is 0.462. The molecule has 8 heteroatoms. The third-order valence-corrected chi connectivity index (χ3v) is 6.14. The fourth-order valence-corrected chi connectivity index (χ4v) is 4.83. The van der Waals surface area contributed by atoms with Gasteiger partial charge in [0.1, 0.15) is 11.1 Å². The van der Waals surface area contributed by atoms with Crippen molar-refractivity contribution in [2.75, 3.05) is 30.4 Å². The van der Waals surface area contributed by atoms with Gasteiger partial charge in [0.25, 0.3) is 0 Å². The summed E-state index contributed by atoms with van der Waals surface area (Å²) in [5.74, 6) is 0.241. The second-order valence-electron chi connectivity index (χ2n) is 5.11. The minimum atomic E-state index is -2.91. The molecule has 1 aromatic rings. The van der Waals surface area contributed by atoms with Gasteiger partial charge < -0.3 is 10.2 Å². The first-order valence-electron chi connectivity index (χ1n) is 6.59. The van der Waals surface area contributed by atoms with Gasteiger partial charge in [-0.1, -0.05) is 0 Å². The van der Waals surface area contributed by atoms with Gasteiger partial charge in [-0.25, -0.2) is 8.42 Å². The second-order valence-corrected chi connectivity index (χ2v) is 8.26. The molecule has 1 atom stereocenters. The van der Waals surface area contributed by atoms with E-state index in [1.165, 1.54) is 11.3 Å². The van der Waals surface area contributed by atoms with Crippen molar-refractivity contribution >= 4 is 32.1 Å². The van der Waals surface area contributed by atoms with Crippen molar-refractivity contribution in [3.8, 4) is 6.07 Å². The number of carbonyl (C=O) groups excluding carboxylic acids is 1. The normalized spacial score (nSPS) is 20.3. The summed E-state index contributed by atoms with van der Waals surface area (Å²) in [6.45, 7) is 0.499. The Hall–Kier alpha value is -1.43. The summed E-state index contributed by atoms with van der Waals surface area (Å²) in [5, 5.41) is 13.9. The molecule has 6 nitrogen and oxygen atoms in total. The maximum absolute atomic E-state index is 11.9. The van der Waals surface area contributed by atoms with Crippen LogP contribution in [0, 0.1) is 11.3 Å². The standard InChI is InChI=1S/C13H17N3O3S2/c1-16(11-4-7-21(18,19)9-11)5-2-12(17)15-13-10(8-14)3-6-20-13/h3,6,11H,2,4-5,7,9H2,1H3,(H,15,17). The largest absolute Gasteiger partial charge is 0.317 e. The highest BCUT2D eigenvalue weighted by molar-refractivity contribution is 7.91. The van der Waals surface area contributed by atoms with E-state index >= 15 is 0 Å². The van der Waals surface area contributed by atoms with Crippen LogP contribution in [0.2, 0.25) is 0 Å². The molecule has 114 valence electrons. The summed E-state index contributed by atoms with van der Waals surface area (Å²) >= 11 is 1.31. The van der Waals surface area contributed by atoms with E-state index in [9.17, 15) is 13.2 Å². The topological polar surface area (TPSA) is 90.3 Å². The fraction of sp³-hybridized carbons (Fsp3) is 0.538. The number of anilines is 1. The van der Waals surface area contributed by atoms with Crippen LogP contribution in [0.5, 0.6) is 0 Å². The number of carbonyl (C=O) groups is 1. The van der Waals surface area contributed by atoms with E-state index in [2.05, 4.69) is 5.32 Å². The minimum Gasteiger partial charge on any atom is -0.317 e. The second kappa shape index (κ2) is 6.56. The number of hydrogen-bond acceptors (Lipinski definition) is 6. The van der Waals surface area contributed by atoms with Gasteiger partial charge >= 0.3 is 0 Å². The molecule has 0 aromatic carbocycles. The van der Waals surface area contributed by atoms with Crippen molar-refractivity contribution in [2.24, 2.45) is 0 Å². The molecule has 1 aliphatic heterocycles. The monoisotopic (exact) mass is 327 g/mol. The molecule has 1 aromatic heterocycles. The zero-order valence-corrected chi connectivity index (χ0v) is 13.3. The average molecular weight is 327 g/mol. The van der Waals surface area contributed by atoms with E-state index in [4.69, 9.17) is 5.26 Å². The molecule has 1 unspecified atom stereocenters. The van der Waals surface area contributed by atoms with Gasteiger partial charge in [0.05, 0.1) is 17.1 Å². The van der Waals surface area contributed by atoms with E-state index in [1.807, 2.05) is 18.0 Å². The first-order valence-corrected chi connectivity index (χ1v) is 9.29. The van der Waals surface area contributed by atoms with Crippen molar-refractivity contribution in [3.05, 3.63) is 17.0 Å². The molecule has 1 amide bonds. The van der Waals surface area contributed by atoms with Crippen LogP contribution < -0.4 is 5.32 Å². The van der Waals surface area contributed by atoms with Crippen LogP contribution in [0.3, 0.4) is 0 Å². The van der Waals surface area contributed by atoms with Crippen LogP contribution in [0.4, 0.5) is 5.00 Å². The number of nitrogens with zero attached hydrogens (tertiary/aromatic N) is 2. The van der Waals surface area contributed by atoms with Gasteiger partial charge in [0, 0.05) is 19.0 Å². The van der Waals surface area contributed by atoms with Gasteiger partial charge in [-0.15, -0.1) is 11.3 Å². The van der Waals surface area contributed by atoms with E-state index in [0.717, 1.165) is 0 Å². The van der Waals surface area contributed by atoms with Crippen molar-refractivity contribution in [3.63, 3.8) is 0 Å². The van der Waals surface area contributed by atoms with E-state index < -0.39 is 9.84 Å². The van der Waals surface area contributed by atoms with Gasteiger partial charge in [-0.2, -0.15) is 5.26 Å². The van der Waals surface area contributed by atoms with Gasteiger partial charge in [-0.05, 0) is 24.9 Å². The number of nitriles is 1. The lowest BCUT2D eigenvalue weighted by Gasteiger charge is -2.22. The lowest BCUT2D eigenvalue weighted by Crippen LogP contribution is -2.34. The molecule has 2 rings (SSSR count). The Labute approximate surface area is 128 Å². The summed E-state index contributed by atoms with van der Waals surface area (Å²) in [4.78, 5) is 13.8. The molecular formula is C13H17N3O3S2. The third kappa shape index (κ3) is 4.27. The van der Waals surface area contributed by atoms with Crippen LogP contribution in [-0.2, 0) is 14.6 Å². The highest BCUT2D eigenvalue weighted by Gasteiger charge is 2.30. The van der Waals surface area contributed by atoms with E-state index in [-0.39, 0.29) is 29.9 Å². The lowest BCUT2D eigenvalue weighted by atomic mass is 10.2. The maximum Gasteiger partial charge on any atom is 0.226 e. The van der Waals surface area contributed by atoms with Gasteiger partial charge in [0.2, 0.25) is 5.91 Å². The summed E-state index contributed by atoms with van der Waals surface area (Å²) in [7, 11) is -1.07. The Morgan fingerprint density at radius 1 is 1.62 bits per heavy atom. The fourth-order valence-electron chi connectivity index (χ4n) is 2.27. The number of rotatable bonds is 5. The van der Waals surface area contributed by atoms with E-state index in [0.29, 0.717) is 23.5 Å². The van der Waals surface area contributed by atoms with Crippen LogP contribution in [-0.4, -0.2) is 50.4 Å². The SMILES string of the molecule is CN(CCC(=O)Nc1sccc1C#N)C1CCS(=O)(=O)C1. The van der Waals surface area contributed by atoms with Crippen LogP contribution >= 0.6 is 11.3 Å². The number of sulfone groups is 1. The molecule has 1 N–H and O–H groups in total. The Morgan fingerprint density at radius 3 is 3.00 bits per heavy atom. The first-order chi connectivity index (χ1) is 9.91. The molecule has 0 saturated carbocycles. The van der Waals surface area contributed by atoms with Crippen molar-refractivity contribution in [2.45, 2.75) is 18.9 Å². The van der Waals surface area contributed by atoms with Gasteiger partial charge in [-0.3, -0.25) is 4.79 Å². The Morgan fingerprint density at radius 2 is 2.38 bits per heavy atom. The number of thiophene rings is 1. The lowest BCUT2D eigenvalue weighted by molar-refractivity contribution is -0.116. The van der Waals surface area contributed by atoms with Gasteiger partial charge in [0.15, 0.2) is 9.84 Å². The third-order valence-electron chi connectivity index (χ3n) is 3.56. The maximum atomic E-state index is 11.9. The Kier molecular flexibility index (Phi) is 4.98. The van der Waals surface area contributed by atoms with Crippen LogP contribution in [0.1, 0.15) is 18.4 Å². The predicted octanol–water partition coefficient (Wildman–Crippen LogP) is 1.07. The summed E-state index contributed by atoms with van der Waals surface area (Å²) in [6.07, 6.45) is 0.903. The van der Waals surface area contributed by atoms with Crippen molar-refractivity contribution in [1.82, 2.24) is 4.90 Å². The molecule has 0 aliphatic carbocycles. The van der Waals surface area contributed by atoms with Crippen molar-refractivity contribution in [1.29, 1.82) is 5.26 Å². The first kappa shape index (κ1) is 15.9. The Bertz CT molecular complexity index is 660. The molecule has 1 aliphatic rings. The van der Waals surface area contributed by atoms with E-state index in [1.54, 1.807) is 11.4 Å². The van der Waals surface area contributed by atoms with Crippen LogP contribution in [0.25, 0.3) is 0 Å². The number of hydrogen-bond donors (Lipinski definition) is 1. The molecule has 0 spiro atoms. The van der Waals surface area contributed by atoms with Crippen molar-refractivity contribution < 1.29 is 13.2 Å². The summed E-state index contributed by atoms with van der Waals surface area (Å²) in [6, 6.07) is 3.68. The zero-order chi connectivity index (χ0) is 15.5. The smallest absolute Gasteiger partial charge is 0.226 e. The average Bonchev–Trinajstić information content (AvgIpc) is 3.02. The molecule has 1 fully saturated rings. The van der Waals surface area contributed by atoms with Crippen LogP contribution in [0.15, 0.2) is 11.4 Å². The molecule has 0 bridgehead atoms. The molecule has 0 radical (unpaired) electrons. The minimum absolute atomic E-state index is 0.000734. The number of nitrogens with one attached hydrogen (secondary N) is 1. The number of amides is 1. The Balaban J connectivity index is 1.81. The molecule has 21 heavy (non-hydrogen) atoms. The molecule has 1 saturated heterocycles. The highest BCUT2D eigenvalue weighted by atomic mass is 32.2. The highest BCUT2D eigenvalue weighted by Crippen LogP contribution is 2.22. The summed E-state index contributed by atoms with van der Waals surface area (Å²) < 4.78 is 22.9. The molecular weight excluding hydrogens is 310 g/mol.